The number of nitrogens with zero attached hydrogens (tertiary/aromatic N) is 4. The Kier molecular flexibility index (Phi) is 3.56. The fraction of sp³-hybridized carbons (Fsp3) is 0.818. The quantitative estimate of drug-likeness (QED) is 0.808. The van der Waals surface area contributed by atoms with Gasteiger partial charge in [0.05, 0.1) is 12.6 Å². The highest BCUT2D eigenvalue weighted by Crippen LogP contribution is 2.20. The number of hydrogen-bond donors (Lipinski definition) is 1. The standard InChI is InChI=1S/C11H20N4O/c1-3-9-6-15(5-4-10(9)16)7-11-13-12-8-14(11)2/h8-10,16H,3-7H2,1-2H3. The lowest BCUT2D eigenvalue weighted by atomic mass is 9.92. The van der Waals surface area contributed by atoms with Crippen LogP contribution in [0.1, 0.15) is 25.6 Å². The largest absolute Gasteiger partial charge is 0.393 e. The van der Waals surface area contributed by atoms with E-state index in [1.807, 2.05) is 11.6 Å². The molecule has 0 amide bonds. The van der Waals surface area contributed by atoms with Crippen molar-refractivity contribution in [1.29, 1.82) is 0 Å². The first-order chi connectivity index (χ1) is 7.70. The van der Waals surface area contributed by atoms with Crippen molar-refractivity contribution in [2.24, 2.45) is 13.0 Å². The van der Waals surface area contributed by atoms with Crippen LogP contribution in [0.25, 0.3) is 0 Å². The summed E-state index contributed by atoms with van der Waals surface area (Å²) in [6.45, 7) is 4.88. The molecule has 2 rings (SSSR count). The van der Waals surface area contributed by atoms with E-state index in [4.69, 9.17) is 0 Å². The van der Waals surface area contributed by atoms with E-state index < -0.39 is 0 Å². The van der Waals surface area contributed by atoms with Crippen molar-refractivity contribution in [1.82, 2.24) is 19.7 Å². The summed E-state index contributed by atoms with van der Waals surface area (Å²) in [4.78, 5) is 2.35. The summed E-state index contributed by atoms with van der Waals surface area (Å²) in [5.41, 5.74) is 0. The monoisotopic (exact) mass is 224 g/mol. The van der Waals surface area contributed by atoms with E-state index in [0.29, 0.717) is 5.92 Å². The van der Waals surface area contributed by atoms with Crippen LogP contribution in [0, 0.1) is 5.92 Å². The van der Waals surface area contributed by atoms with Gasteiger partial charge in [-0.15, -0.1) is 10.2 Å². The molecule has 0 aliphatic carbocycles. The van der Waals surface area contributed by atoms with Crippen LogP contribution >= 0.6 is 0 Å². The molecule has 16 heavy (non-hydrogen) atoms. The van der Waals surface area contributed by atoms with Gasteiger partial charge in [0.25, 0.3) is 0 Å². The van der Waals surface area contributed by atoms with Crippen LogP contribution in [0.5, 0.6) is 0 Å². The van der Waals surface area contributed by atoms with Crippen molar-refractivity contribution in [3.05, 3.63) is 12.2 Å². The fourth-order valence-corrected chi connectivity index (χ4v) is 2.29. The number of aryl methyl sites for hydroxylation is 1. The smallest absolute Gasteiger partial charge is 0.146 e. The summed E-state index contributed by atoms with van der Waals surface area (Å²) < 4.78 is 1.95. The average Bonchev–Trinajstić information content (AvgIpc) is 2.67. The van der Waals surface area contributed by atoms with Crippen LogP contribution < -0.4 is 0 Å². The molecular weight excluding hydrogens is 204 g/mol. The summed E-state index contributed by atoms with van der Waals surface area (Å²) >= 11 is 0. The van der Waals surface area contributed by atoms with Crippen LogP contribution in [0.15, 0.2) is 6.33 Å². The highest BCUT2D eigenvalue weighted by Gasteiger charge is 2.26. The zero-order valence-corrected chi connectivity index (χ0v) is 10.0. The lowest BCUT2D eigenvalue weighted by molar-refractivity contribution is 0.0210. The summed E-state index contributed by atoms with van der Waals surface area (Å²) in [6, 6.07) is 0. The number of rotatable bonds is 3. The maximum absolute atomic E-state index is 9.81. The Balaban J connectivity index is 1.94. The Morgan fingerprint density at radius 2 is 2.38 bits per heavy atom. The van der Waals surface area contributed by atoms with E-state index in [1.54, 1.807) is 6.33 Å². The number of piperidine rings is 1. The third-order valence-corrected chi connectivity index (χ3v) is 3.47. The van der Waals surface area contributed by atoms with E-state index in [0.717, 1.165) is 38.3 Å². The minimum atomic E-state index is -0.124. The molecule has 0 aromatic carbocycles. The molecule has 5 nitrogen and oxygen atoms in total. The molecular formula is C11H20N4O. The molecule has 2 unspecified atom stereocenters. The molecule has 0 saturated carbocycles. The molecule has 0 bridgehead atoms. The van der Waals surface area contributed by atoms with Crippen LogP contribution in [0.2, 0.25) is 0 Å². The van der Waals surface area contributed by atoms with E-state index in [1.165, 1.54) is 0 Å². The molecule has 1 fully saturated rings. The second-order valence-corrected chi connectivity index (χ2v) is 4.62. The van der Waals surface area contributed by atoms with Gasteiger partial charge < -0.3 is 9.67 Å². The maximum atomic E-state index is 9.81. The van der Waals surface area contributed by atoms with Crippen LogP contribution in [0.3, 0.4) is 0 Å². The van der Waals surface area contributed by atoms with Crippen molar-refractivity contribution >= 4 is 0 Å². The molecule has 0 spiro atoms. The van der Waals surface area contributed by atoms with Gasteiger partial charge in [-0.2, -0.15) is 0 Å². The van der Waals surface area contributed by atoms with Gasteiger partial charge in [0.2, 0.25) is 0 Å². The SMILES string of the molecule is CCC1CN(Cc2nncn2C)CCC1O. The van der Waals surface area contributed by atoms with Gasteiger partial charge >= 0.3 is 0 Å². The van der Waals surface area contributed by atoms with Crippen molar-refractivity contribution in [2.45, 2.75) is 32.4 Å². The second-order valence-electron chi connectivity index (χ2n) is 4.62. The number of likely N-dealkylation sites (tertiary alicyclic amines) is 1. The molecule has 2 atom stereocenters. The Morgan fingerprint density at radius 3 is 3.00 bits per heavy atom. The Bertz CT molecular complexity index is 338. The van der Waals surface area contributed by atoms with Gasteiger partial charge in [-0.05, 0) is 18.8 Å². The highest BCUT2D eigenvalue weighted by molar-refractivity contribution is 4.87. The summed E-state index contributed by atoms with van der Waals surface area (Å²) in [5.74, 6) is 1.40. The van der Waals surface area contributed by atoms with Crippen LogP contribution in [-0.2, 0) is 13.6 Å². The average molecular weight is 224 g/mol. The van der Waals surface area contributed by atoms with Crippen molar-refractivity contribution in [3.63, 3.8) is 0 Å². The summed E-state index contributed by atoms with van der Waals surface area (Å²) in [6.07, 6.45) is 3.51. The molecule has 5 heteroatoms. The Hall–Kier alpha value is -0.940. The molecule has 2 heterocycles. The minimum Gasteiger partial charge on any atom is -0.393 e. The first-order valence-corrected chi connectivity index (χ1v) is 5.94. The first kappa shape index (κ1) is 11.5. The molecule has 1 aliphatic rings. The second kappa shape index (κ2) is 4.93. The number of aromatic nitrogens is 3. The van der Waals surface area contributed by atoms with Gasteiger partial charge in [0.1, 0.15) is 12.2 Å². The maximum Gasteiger partial charge on any atom is 0.146 e. The third-order valence-electron chi connectivity index (χ3n) is 3.47. The van der Waals surface area contributed by atoms with E-state index in [2.05, 4.69) is 22.0 Å². The Labute approximate surface area is 96.1 Å². The highest BCUT2D eigenvalue weighted by atomic mass is 16.3. The molecule has 1 aliphatic heterocycles. The van der Waals surface area contributed by atoms with Crippen molar-refractivity contribution < 1.29 is 5.11 Å². The summed E-state index contributed by atoms with van der Waals surface area (Å²) in [5, 5.41) is 17.8. The first-order valence-electron chi connectivity index (χ1n) is 5.94. The van der Waals surface area contributed by atoms with Crippen LogP contribution in [-0.4, -0.2) is 44.0 Å². The molecule has 1 saturated heterocycles. The van der Waals surface area contributed by atoms with Gasteiger partial charge in [0, 0.05) is 20.1 Å². The van der Waals surface area contributed by atoms with Gasteiger partial charge in [0.15, 0.2) is 0 Å². The van der Waals surface area contributed by atoms with E-state index in [-0.39, 0.29) is 6.10 Å². The lowest BCUT2D eigenvalue weighted by Gasteiger charge is -2.35. The topological polar surface area (TPSA) is 54.2 Å². The number of hydrogen-bond acceptors (Lipinski definition) is 4. The summed E-state index contributed by atoms with van der Waals surface area (Å²) in [7, 11) is 1.96. The zero-order valence-electron chi connectivity index (χ0n) is 10.0. The van der Waals surface area contributed by atoms with Crippen molar-refractivity contribution in [2.75, 3.05) is 13.1 Å². The molecule has 90 valence electrons. The lowest BCUT2D eigenvalue weighted by Crippen LogP contribution is -2.42. The predicted octanol–water partition coefficient (Wildman–Crippen LogP) is 0.408. The number of aliphatic hydroxyl groups is 1. The fourth-order valence-electron chi connectivity index (χ4n) is 2.29. The molecule has 1 aromatic rings. The van der Waals surface area contributed by atoms with Crippen molar-refractivity contribution in [3.8, 4) is 0 Å². The van der Waals surface area contributed by atoms with E-state index >= 15 is 0 Å². The Morgan fingerprint density at radius 1 is 1.56 bits per heavy atom. The predicted molar refractivity (Wildman–Crippen MR) is 60.7 cm³/mol. The molecule has 0 radical (unpaired) electrons. The molecule has 1 N–H and O–H groups in total. The minimum absolute atomic E-state index is 0.124. The van der Waals surface area contributed by atoms with E-state index in [9.17, 15) is 5.11 Å². The van der Waals surface area contributed by atoms with Gasteiger partial charge in [-0.1, -0.05) is 6.92 Å². The third kappa shape index (κ3) is 2.41. The normalized spacial score (nSPS) is 27.2. The van der Waals surface area contributed by atoms with Crippen LogP contribution in [0.4, 0.5) is 0 Å². The zero-order chi connectivity index (χ0) is 11.5. The number of aliphatic hydroxyl groups excluding tert-OH is 1. The molecule has 1 aromatic heterocycles. The van der Waals surface area contributed by atoms with Gasteiger partial charge in [-0.25, -0.2) is 0 Å². The van der Waals surface area contributed by atoms with Gasteiger partial charge in [-0.3, -0.25) is 4.90 Å².